The number of nitrogens with one attached hydrogen (secondary N) is 1. The van der Waals surface area contributed by atoms with Crippen LogP contribution in [-0.2, 0) is 9.53 Å². The lowest BCUT2D eigenvalue weighted by atomic mass is 10.0. The van der Waals surface area contributed by atoms with Gasteiger partial charge in [0.05, 0.1) is 6.61 Å². The highest BCUT2D eigenvalue weighted by molar-refractivity contribution is 7.98. The predicted octanol–water partition coefficient (Wildman–Crippen LogP) is 1.22. The zero-order valence-electron chi connectivity index (χ0n) is 10.4. The van der Waals surface area contributed by atoms with E-state index in [0.717, 1.165) is 0 Å². The van der Waals surface area contributed by atoms with Gasteiger partial charge in [-0.05, 0) is 25.3 Å². The van der Waals surface area contributed by atoms with Crippen LogP contribution in [0.5, 0.6) is 0 Å². The van der Waals surface area contributed by atoms with E-state index in [1.807, 2.05) is 6.26 Å². The summed E-state index contributed by atoms with van der Waals surface area (Å²) in [6.07, 6.45) is 1.81. The highest BCUT2D eigenvalue weighted by Crippen LogP contribution is 2.18. The molecule has 0 aliphatic carbocycles. The number of hydrogen-bond acceptors (Lipinski definition) is 5. The topological polar surface area (TPSA) is 88.8 Å². The highest BCUT2D eigenvalue weighted by atomic mass is 32.2. The first-order valence-corrected chi connectivity index (χ1v) is 6.34. The molecule has 0 spiro atoms. The molecule has 0 radical (unpaired) electrons. The van der Waals surface area contributed by atoms with Gasteiger partial charge in [0.25, 0.3) is 5.91 Å². The van der Waals surface area contributed by atoms with Crippen molar-refractivity contribution in [3.8, 4) is 0 Å². The van der Waals surface area contributed by atoms with Gasteiger partial charge in [0.15, 0.2) is 16.4 Å². The number of ether oxygens (including phenoxy) is 1. The van der Waals surface area contributed by atoms with E-state index in [4.69, 9.17) is 14.3 Å². The number of carboxylic acid groups (broad SMARTS) is 1. The van der Waals surface area contributed by atoms with E-state index in [2.05, 4.69) is 5.32 Å². The van der Waals surface area contributed by atoms with Crippen molar-refractivity contribution in [2.24, 2.45) is 0 Å². The molecule has 18 heavy (non-hydrogen) atoms. The van der Waals surface area contributed by atoms with Crippen molar-refractivity contribution in [1.29, 1.82) is 0 Å². The van der Waals surface area contributed by atoms with E-state index in [-0.39, 0.29) is 12.4 Å². The van der Waals surface area contributed by atoms with Gasteiger partial charge in [0.1, 0.15) is 0 Å². The first-order valence-electron chi connectivity index (χ1n) is 5.11. The fourth-order valence-electron chi connectivity index (χ4n) is 1.30. The molecular weight excluding hydrogens is 258 g/mol. The third kappa shape index (κ3) is 3.27. The number of aliphatic carboxylic acids is 1. The van der Waals surface area contributed by atoms with E-state index >= 15 is 0 Å². The molecule has 1 atom stereocenters. The molecule has 0 bridgehead atoms. The SMILES string of the molecule is COCC(C)(NC(=O)c1ccc(SC)o1)C(=O)O. The quantitative estimate of drug-likeness (QED) is 0.758. The van der Waals surface area contributed by atoms with Crippen LogP contribution in [-0.4, -0.2) is 42.5 Å². The Labute approximate surface area is 109 Å². The molecule has 6 nitrogen and oxygen atoms in total. The van der Waals surface area contributed by atoms with Crippen LogP contribution in [0.25, 0.3) is 0 Å². The maximum Gasteiger partial charge on any atom is 0.331 e. The Bertz CT molecular complexity index is 444. The summed E-state index contributed by atoms with van der Waals surface area (Å²) in [6, 6.07) is 3.14. The van der Waals surface area contributed by atoms with Crippen LogP contribution in [0.2, 0.25) is 0 Å². The third-order valence-electron chi connectivity index (χ3n) is 2.30. The second-order valence-corrected chi connectivity index (χ2v) is 4.66. The third-order valence-corrected chi connectivity index (χ3v) is 2.92. The summed E-state index contributed by atoms with van der Waals surface area (Å²) in [5.41, 5.74) is -1.49. The molecule has 0 aliphatic rings. The van der Waals surface area contributed by atoms with Gasteiger partial charge in [0.2, 0.25) is 0 Å². The Morgan fingerprint density at radius 2 is 2.22 bits per heavy atom. The lowest BCUT2D eigenvalue weighted by molar-refractivity contribution is -0.145. The first-order chi connectivity index (χ1) is 8.42. The Balaban J connectivity index is 2.81. The minimum atomic E-state index is -1.49. The molecule has 100 valence electrons. The largest absolute Gasteiger partial charge is 0.479 e. The summed E-state index contributed by atoms with van der Waals surface area (Å²) < 4.78 is 10.0. The summed E-state index contributed by atoms with van der Waals surface area (Å²) in [7, 11) is 1.37. The Kier molecular flexibility index (Phi) is 4.80. The monoisotopic (exact) mass is 273 g/mol. The fraction of sp³-hybridized carbons (Fsp3) is 0.455. The van der Waals surface area contributed by atoms with Crippen LogP contribution < -0.4 is 5.32 Å². The molecule has 1 amide bonds. The standard InChI is InChI=1S/C11H15NO5S/c1-11(6-16-2,10(14)15)12-9(13)7-4-5-8(17-7)18-3/h4-5H,6H2,1-3H3,(H,12,13)(H,14,15). The summed E-state index contributed by atoms with van der Waals surface area (Å²) in [5, 5.41) is 12.0. The lowest BCUT2D eigenvalue weighted by Crippen LogP contribution is -2.55. The molecule has 2 N–H and O–H groups in total. The molecule has 1 unspecified atom stereocenters. The number of carbonyl (C=O) groups is 2. The number of furan rings is 1. The summed E-state index contributed by atoms with van der Waals surface area (Å²) >= 11 is 1.35. The zero-order valence-corrected chi connectivity index (χ0v) is 11.2. The van der Waals surface area contributed by atoms with Crippen molar-refractivity contribution in [1.82, 2.24) is 5.32 Å². The minimum Gasteiger partial charge on any atom is -0.479 e. The normalized spacial score (nSPS) is 13.9. The molecule has 1 heterocycles. The van der Waals surface area contributed by atoms with Gasteiger partial charge < -0.3 is 19.6 Å². The maximum atomic E-state index is 11.8. The first kappa shape index (κ1) is 14.6. The molecule has 0 aromatic carbocycles. The number of thioether (sulfide) groups is 1. The Hall–Kier alpha value is -1.47. The average Bonchev–Trinajstić information content (AvgIpc) is 2.77. The molecule has 0 fully saturated rings. The molecule has 7 heteroatoms. The highest BCUT2D eigenvalue weighted by Gasteiger charge is 2.35. The number of methoxy groups -OCH3 is 1. The van der Waals surface area contributed by atoms with Crippen molar-refractivity contribution in [2.75, 3.05) is 20.0 Å². The molecule has 0 aliphatic heterocycles. The van der Waals surface area contributed by atoms with Crippen LogP contribution in [0.15, 0.2) is 21.6 Å². The molecule has 1 aromatic rings. The van der Waals surface area contributed by atoms with Crippen LogP contribution in [0.3, 0.4) is 0 Å². The van der Waals surface area contributed by atoms with Crippen LogP contribution in [0, 0.1) is 0 Å². The van der Waals surface area contributed by atoms with Crippen LogP contribution in [0.4, 0.5) is 0 Å². The van der Waals surface area contributed by atoms with E-state index < -0.39 is 17.4 Å². The number of amides is 1. The molecular formula is C11H15NO5S. The van der Waals surface area contributed by atoms with Gasteiger partial charge >= 0.3 is 5.97 Å². The number of carbonyl (C=O) groups excluding carboxylic acids is 1. The van der Waals surface area contributed by atoms with E-state index in [1.165, 1.54) is 31.9 Å². The van der Waals surface area contributed by atoms with Gasteiger partial charge in [-0.2, -0.15) is 0 Å². The molecule has 1 rings (SSSR count). The maximum absolute atomic E-state index is 11.8. The Morgan fingerprint density at radius 3 is 2.67 bits per heavy atom. The zero-order chi connectivity index (χ0) is 13.8. The van der Waals surface area contributed by atoms with Crippen molar-refractivity contribution in [3.05, 3.63) is 17.9 Å². The second-order valence-electron chi connectivity index (χ2n) is 3.85. The van der Waals surface area contributed by atoms with E-state index in [1.54, 1.807) is 6.07 Å². The van der Waals surface area contributed by atoms with Gasteiger partial charge in [-0.15, -0.1) is 0 Å². The van der Waals surface area contributed by atoms with E-state index in [9.17, 15) is 9.59 Å². The second kappa shape index (κ2) is 5.92. The molecule has 0 saturated carbocycles. The van der Waals surface area contributed by atoms with Crippen molar-refractivity contribution in [3.63, 3.8) is 0 Å². The van der Waals surface area contributed by atoms with Crippen molar-refractivity contribution in [2.45, 2.75) is 17.6 Å². The fourth-order valence-corrected chi connectivity index (χ4v) is 1.68. The molecule has 1 aromatic heterocycles. The van der Waals surface area contributed by atoms with Gasteiger partial charge in [-0.25, -0.2) is 4.79 Å². The van der Waals surface area contributed by atoms with Crippen molar-refractivity contribution < 1.29 is 23.8 Å². The van der Waals surface area contributed by atoms with E-state index in [0.29, 0.717) is 5.09 Å². The summed E-state index contributed by atoms with van der Waals surface area (Å²) in [6.45, 7) is 1.24. The Morgan fingerprint density at radius 1 is 1.56 bits per heavy atom. The van der Waals surface area contributed by atoms with Gasteiger partial charge in [-0.3, -0.25) is 4.79 Å². The molecule has 0 saturated heterocycles. The van der Waals surface area contributed by atoms with Crippen molar-refractivity contribution >= 4 is 23.6 Å². The van der Waals surface area contributed by atoms with Gasteiger partial charge in [0, 0.05) is 7.11 Å². The number of hydrogen-bond donors (Lipinski definition) is 2. The summed E-state index contributed by atoms with van der Waals surface area (Å²) in [5.74, 6) is -1.69. The minimum absolute atomic E-state index is 0.0722. The van der Waals surface area contributed by atoms with Crippen LogP contribution in [0.1, 0.15) is 17.5 Å². The number of carboxylic acids is 1. The lowest BCUT2D eigenvalue weighted by Gasteiger charge is -2.24. The van der Waals surface area contributed by atoms with Crippen LogP contribution >= 0.6 is 11.8 Å². The van der Waals surface area contributed by atoms with Gasteiger partial charge in [-0.1, -0.05) is 11.8 Å². The average molecular weight is 273 g/mol. The smallest absolute Gasteiger partial charge is 0.331 e. The summed E-state index contributed by atoms with van der Waals surface area (Å²) in [4.78, 5) is 22.9. The number of rotatable bonds is 6. The predicted molar refractivity (Wildman–Crippen MR) is 65.9 cm³/mol.